The molecule has 0 aromatic carbocycles. The molecule has 0 saturated carbocycles. The fourth-order valence-electron chi connectivity index (χ4n) is 0.997. The summed E-state index contributed by atoms with van der Waals surface area (Å²) in [4.78, 5) is 21.6. The van der Waals surface area contributed by atoms with Crippen LogP contribution in [0.3, 0.4) is 0 Å². The third-order valence-corrected chi connectivity index (χ3v) is 1.64. The maximum absolute atomic E-state index is 10.9. The first-order valence-corrected chi connectivity index (χ1v) is 3.99. The molecule has 1 rings (SSSR count). The second-order valence-corrected chi connectivity index (χ2v) is 3.13. The first-order valence-electron chi connectivity index (χ1n) is 3.99. The summed E-state index contributed by atoms with van der Waals surface area (Å²) in [7, 11) is 0. The van der Waals surface area contributed by atoms with E-state index in [0.29, 0.717) is 6.61 Å². The van der Waals surface area contributed by atoms with E-state index in [-0.39, 0.29) is 30.3 Å². The Kier molecular flexibility index (Phi) is 2.81. The van der Waals surface area contributed by atoms with Crippen molar-refractivity contribution < 1.29 is 14.3 Å². The number of ether oxygens (including phenoxy) is 1. The molecule has 1 saturated heterocycles. The van der Waals surface area contributed by atoms with Crippen LogP contribution in [-0.2, 0) is 14.3 Å². The number of rotatable bonds is 3. The molecule has 1 radical (unpaired) electrons. The molecular weight excluding hydrogens is 158 g/mol. The maximum atomic E-state index is 10.9. The van der Waals surface area contributed by atoms with Gasteiger partial charge in [0.05, 0.1) is 18.6 Å². The highest BCUT2D eigenvalue weighted by molar-refractivity contribution is 6.03. The molecule has 0 aromatic rings. The Bertz CT molecular complexity index is 200. The number of hydrogen-bond acceptors (Lipinski definition) is 3. The van der Waals surface area contributed by atoms with Gasteiger partial charge in [-0.05, 0) is 13.8 Å². The first-order chi connectivity index (χ1) is 5.59. The van der Waals surface area contributed by atoms with Crippen LogP contribution in [0.5, 0.6) is 0 Å². The van der Waals surface area contributed by atoms with E-state index in [9.17, 15) is 9.59 Å². The van der Waals surface area contributed by atoms with Gasteiger partial charge in [0.1, 0.15) is 0 Å². The normalized spacial score (nSPS) is 23.4. The smallest absolute Gasteiger partial charge is 0.254 e. The van der Waals surface area contributed by atoms with Crippen LogP contribution >= 0.6 is 0 Å². The minimum Gasteiger partial charge on any atom is -0.378 e. The molecule has 4 nitrogen and oxygen atoms in total. The monoisotopic (exact) mass is 170 g/mol. The van der Waals surface area contributed by atoms with E-state index in [1.165, 1.54) is 0 Å². The lowest BCUT2D eigenvalue weighted by Crippen LogP contribution is -2.20. The Balaban J connectivity index is 2.33. The lowest BCUT2D eigenvalue weighted by atomic mass is 10.1. The van der Waals surface area contributed by atoms with Crippen molar-refractivity contribution in [3.8, 4) is 0 Å². The first kappa shape index (κ1) is 9.19. The molecule has 0 aliphatic carbocycles. The summed E-state index contributed by atoms with van der Waals surface area (Å²) < 4.78 is 5.21. The molecule has 2 amide bonds. The van der Waals surface area contributed by atoms with Crippen molar-refractivity contribution >= 4 is 11.8 Å². The van der Waals surface area contributed by atoms with Crippen molar-refractivity contribution in [2.75, 3.05) is 6.61 Å². The second kappa shape index (κ2) is 3.67. The van der Waals surface area contributed by atoms with Gasteiger partial charge in [-0.3, -0.25) is 9.59 Å². The number of imide groups is 1. The predicted octanol–water partition coefficient (Wildman–Crippen LogP) is 0.0889. The summed E-state index contributed by atoms with van der Waals surface area (Å²) >= 11 is 0. The Morgan fingerprint density at radius 1 is 1.58 bits per heavy atom. The van der Waals surface area contributed by atoms with Crippen molar-refractivity contribution in [1.29, 1.82) is 0 Å². The SMILES string of the molecule is CC(C)OCC1CC(=O)[N]C1=O. The van der Waals surface area contributed by atoms with Crippen LogP contribution in [0, 0.1) is 5.92 Å². The molecule has 0 spiro atoms. The molecule has 12 heavy (non-hydrogen) atoms. The highest BCUT2D eigenvalue weighted by Gasteiger charge is 2.32. The molecular formula is C8H12NO3. The molecule has 0 aromatic heterocycles. The van der Waals surface area contributed by atoms with Crippen LogP contribution in [0.2, 0.25) is 0 Å². The summed E-state index contributed by atoms with van der Waals surface area (Å²) in [5.41, 5.74) is 0. The molecule has 1 atom stereocenters. The molecule has 1 unspecified atom stereocenters. The van der Waals surface area contributed by atoms with Gasteiger partial charge < -0.3 is 4.74 Å². The summed E-state index contributed by atoms with van der Waals surface area (Å²) in [6.07, 6.45) is 0.305. The van der Waals surface area contributed by atoms with Crippen LogP contribution in [0.1, 0.15) is 20.3 Å². The molecule has 1 aliphatic heterocycles. The van der Waals surface area contributed by atoms with Crippen LogP contribution in [0.15, 0.2) is 0 Å². The van der Waals surface area contributed by atoms with Gasteiger partial charge in [-0.25, -0.2) is 0 Å². The minimum absolute atomic E-state index is 0.0912. The van der Waals surface area contributed by atoms with Gasteiger partial charge in [-0.2, -0.15) is 5.32 Å². The lowest BCUT2D eigenvalue weighted by molar-refractivity contribution is -0.127. The largest absolute Gasteiger partial charge is 0.378 e. The number of carbonyl (C=O) groups excluding carboxylic acids is 2. The van der Waals surface area contributed by atoms with E-state index in [0.717, 1.165) is 0 Å². The van der Waals surface area contributed by atoms with Gasteiger partial charge in [-0.15, -0.1) is 0 Å². The number of amides is 2. The predicted molar refractivity (Wildman–Crippen MR) is 41.3 cm³/mol. The Morgan fingerprint density at radius 2 is 2.25 bits per heavy atom. The molecule has 0 bridgehead atoms. The van der Waals surface area contributed by atoms with Gasteiger partial charge in [0, 0.05) is 6.42 Å². The van der Waals surface area contributed by atoms with Crippen LogP contribution < -0.4 is 5.32 Å². The Labute approximate surface area is 71.3 Å². The van der Waals surface area contributed by atoms with Crippen molar-refractivity contribution in [3.63, 3.8) is 0 Å². The fourth-order valence-corrected chi connectivity index (χ4v) is 0.997. The Morgan fingerprint density at radius 3 is 2.67 bits per heavy atom. The average Bonchev–Trinajstić information content (AvgIpc) is 2.26. The van der Waals surface area contributed by atoms with Crippen LogP contribution in [-0.4, -0.2) is 24.5 Å². The van der Waals surface area contributed by atoms with E-state index in [1.807, 2.05) is 13.8 Å². The molecule has 1 fully saturated rings. The van der Waals surface area contributed by atoms with Gasteiger partial charge in [0.2, 0.25) is 5.91 Å². The van der Waals surface area contributed by atoms with E-state index in [2.05, 4.69) is 5.32 Å². The van der Waals surface area contributed by atoms with Gasteiger partial charge in [0.15, 0.2) is 0 Å². The van der Waals surface area contributed by atoms with Gasteiger partial charge >= 0.3 is 0 Å². The van der Waals surface area contributed by atoms with Crippen molar-refractivity contribution in [2.24, 2.45) is 5.92 Å². The zero-order valence-electron chi connectivity index (χ0n) is 7.24. The molecule has 1 aliphatic rings. The average molecular weight is 170 g/mol. The summed E-state index contributed by atoms with van der Waals surface area (Å²) in [5, 5.41) is 3.29. The summed E-state index contributed by atoms with van der Waals surface area (Å²) in [5.74, 6) is -0.988. The van der Waals surface area contributed by atoms with E-state index >= 15 is 0 Å². The molecule has 4 heteroatoms. The summed E-state index contributed by atoms with van der Waals surface area (Å²) in [6, 6.07) is 0. The highest BCUT2D eigenvalue weighted by atomic mass is 16.5. The number of hydrogen-bond donors (Lipinski definition) is 0. The standard InChI is InChI=1S/C8H12NO3/c1-5(2)12-4-6-3-7(10)9-8(6)11/h5-6H,3-4H2,1-2H3. The van der Waals surface area contributed by atoms with E-state index < -0.39 is 0 Å². The molecule has 1 heterocycles. The quantitative estimate of drug-likeness (QED) is 0.564. The van der Waals surface area contributed by atoms with E-state index in [1.54, 1.807) is 0 Å². The maximum Gasteiger partial charge on any atom is 0.254 e. The molecule has 67 valence electrons. The molecule has 0 N–H and O–H groups in total. The zero-order valence-corrected chi connectivity index (χ0v) is 7.24. The van der Waals surface area contributed by atoms with Crippen molar-refractivity contribution in [3.05, 3.63) is 0 Å². The Hall–Kier alpha value is -0.900. The fraction of sp³-hybridized carbons (Fsp3) is 0.750. The second-order valence-electron chi connectivity index (χ2n) is 3.13. The minimum atomic E-state index is -0.333. The summed E-state index contributed by atoms with van der Waals surface area (Å²) in [6.45, 7) is 4.09. The van der Waals surface area contributed by atoms with Crippen LogP contribution in [0.4, 0.5) is 0 Å². The topological polar surface area (TPSA) is 57.5 Å². The van der Waals surface area contributed by atoms with Crippen molar-refractivity contribution in [1.82, 2.24) is 5.32 Å². The number of carbonyl (C=O) groups is 2. The lowest BCUT2D eigenvalue weighted by Gasteiger charge is -2.09. The third-order valence-electron chi connectivity index (χ3n) is 1.64. The third kappa shape index (κ3) is 2.30. The van der Waals surface area contributed by atoms with Gasteiger partial charge in [0.25, 0.3) is 5.91 Å². The van der Waals surface area contributed by atoms with Crippen molar-refractivity contribution in [2.45, 2.75) is 26.4 Å². The number of nitrogens with zero attached hydrogens (tertiary/aromatic N) is 1. The van der Waals surface area contributed by atoms with E-state index in [4.69, 9.17) is 4.74 Å². The highest BCUT2D eigenvalue weighted by Crippen LogP contribution is 2.12. The zero-order chi connectivity index (χ0) is 9.14. The van der Waals surface area contributed by atoms with Crippen LogP contribution in [0.25, 0.3) is 0 Å². The van der Waals surface area contributed by atoms with Gasteiger partial charge in [-0.1, -0.05) is 0 Å².